The van der Waals surface area contributed by atoms with E-state index in [-0.39, 0.29) is 5.41 Å². The Morgan fingerprint density at radius 2 is 2.21 bits per heavy atom. The average Bonchev–Trinajstić information content (AvgIpc) is 2.64. The highest BCUT2D eigenvalue weighted by atomic mass is 32.1. The van der Waals surface area contributed by atoms with Crippen molar-refractivity contribution in [2.45, 2.75) is 19.3 Å². The minimum atomic E-state index is 0.0395. The van der Waals surface area contributed by atoms with Crippen LogP contribution in [-0.4, -0.2) is 11.5 Å². The molecule has 0 aliphatic carbocycles. The normalized spacial score (nSPS) is 12.2. The number of nitrogens with zero attached hydrogens (tertiary/aromatic N) is 1. The summed E-state index contributed by atoms with van der Waals surface area (Å²) in [6.45, 7) is 4.96. The van der Waals surface area contributed by atoms with Crippen molar-refractivity contribution in [3.63, 3.8) is 0 Å². The third kappa shape index (κ3) is 1.53. The Morgan fingerprint density at radius 1 is 1.43 bits per heavy atom. The van der Waals surface area contributed by atoms with Crippen molar-refractivity contribution in [1.29, 1.82) is 0 Å². The molecule has 2 nitrogen and oxygen atoms in total. The molecule has 1 aromatic heterocycles. The minimum absolute atomic E-state index is 0.0395. The SMILES string of the molecule is CC(C)(CN)c1ccc2scnc2c1. The maximum Gasteiger partial charge on any atom is 0.0814 e. The first kappa shape index (κ1) is 9.62. The van der Waals surface area contributed by atoms with Crippen LogP contribution >= 0.6 is 11.3 Å². The molecular weight excluding hydrogens is 192 g/mol. The molecule has 0 radical (unpaired) electrons. The van der Waals surface area contributed by atoms with Gasteiger partial charge in [-0.3, -0.25) is 0 Å². The molecule has 0 saturated carbocycles. The Kier molecular flexibility index (Phi) is 2.29. The van der Waals surface area contributed by atoms with Gasteiger partial charge in [0.2, 0.25) is 0 Å². The van der Waals surface area contributed by atoms with Crippen LogP contribution in [0.4, 0.5) is 0 Å². The molecular formula is C11H14N2S. The maximum atomic E-state index is 5.74. The van der Waals surface area contributed by atoms with Gasteiger partial charge in [-0.25, -0.2) is 4.98 Å². The molecule has 2 aromatic rings. The molecule has 0 aliphatic rings. The quantitative estimate of drug-likeness (QED) is 0.820. The number of benzene rings is 1. The second-order valence-corrected chi connectivity index (χ2v) is 5.01. The summed E-state index contributed by atoms with van der Waals surface area (Å²) in [5.74, 6) is 0. The van der Waals surface area contributed by atoms with Crippen LogP contribution < -0.4 is 5.73 Å². The van der Waals surface area contributed by atoms with Gasteiger partial charge >= 0.3 is 0 Å². The zero-order valence-corrected chi connectivity index (χ0v) is 9.27. The van der Waals surface area contributed by atoms with E-state index in [1.165, 1.54) is 10.3 Å². The molecule has 0 bridgehead atoms. The van der Waals surface area contributed by atoms with Crippen LogP contribution in [-0.2, 0) is 5.41 Å². The second kappa shape index (κ2) is 3.33. The van der Waals surface area contributed by atoms with Crippen LogP contribution in [0.15, 0.2) is 23.7 Å². The minimum Gasteiger partial charge on any atom is -0.330 e. The topological polar surface area (TPSA) is 38.9 Å². The Morgan fingerprint density at radius 3 is 2.93 bits per heavy atom. The largest absolute Gasteiger partial charge is 0.330 e. The third-order valence-electron chi connectivity index (χ3n) is 2.62. The molecule has 0 aliphatic heterocycles. The van der Waals surface area contributed by atoms with Gasteiger partial charge in [-0.2, -0.15) is 0 Å². The van der Waals surface area contributed by atoms with Crippen LogP contribution in [0.2, 0.25) is 0 Å². The van der Waals surface area contributed by atoms with Crippen molar-refractivity contribution >= 4 is 21.6 Å². The lowest BCUT2D eigenvalue weighted by atomic mass is 9.85. The lowest BCUT2D eigenvalue weighted by molar-refractivity contribution is 0.539. The number of aromatic nitrogens is 1. The molecule has 2 N–H and O–H groups in total. The van der Waals surface area contributed by atoms with Gasteiger partial charge in [-0.1, -0.05) is 19.9 Å². The van der Waals surface area contributed by atoms with Crippen LogP contribution in [0, 0.1) is 0 Å². The summed E-state index contributed by atoms with van der Waals surface area (Å²) in [5.41, 5.74) is 10.00. The molecule has 0 spiro atoms. The molecule has 1 heterocycles. The summed E-state index contributed by atoms with van der Waals surface area (Å²) in [4.78, 5) is 4.30. The van der Waals surface area contributed by atoms with E-state index in [1.807, 2.05) is 5.51 Å². The van der Waals surface area contributed by atoms with Gasteiger partial charge in [0.1, 0.15) is 0 Å². The molecule has 0 saturated heterocycles. The fraction of sp³-hybridized carbons (Fsp3) is 0.364. The van der Waals surface area contributed by atoms with Gasteiger partial charge in [-0.15, -0.1) is 11.3 Å². The number of hydrogen-bond donors (Lipinski definition) is 1. The lowest BCUT2D eigenvalue weighted by Crippen LogP contribution is -2.27. The predicted molar refractivity (Wildman–Crippen MR) is 61.7 cm³/mol. The first-order chi connectivity index (χ1) is 6.63. The highest BCUT2D eigenvalue weighted by molar-refractivity contribution is 7.16. The van der Waals surface area contributed by atoms with Crippen molar-refractivity contribution in [1.82, 2.24) is 4.98 Å². The van der Waals surface area contributed by atoms with E-state index in [4.69, 9.17) is 5.73 Å². The Hall–Kier alpha value is -0.930. The van der Waals surface area contributed by atoms with Crippen molar-refractivity contribution in [3.05, 3.63) is 29.3 Å². The fourth-order valence-corrected chi connectivity index (χ4v) is 2.06. The van der Waals surface area contributed by atoms with Gasteiger partial charge in [0, 0.05) is 12.0 Å². The van der Waals surface area contributed by atoms with Gasteiger partial charge in [0.15, 0.2) is 0 Å². The number of thiazole rings is 1. The molecule has 14 heavy (non-hydrogen) atoms. The summed E-state index contributed by atoms with van der Waals surface area (Å²) in [6, 6.07) is 6.41. The van der Waals surface area contributed by atoms with E-state index in [0.717, 1.165) is 5.52 Å². The zero-order valence-electron chi connectivity index (χ0n) is 8.45. The summed E-state index contributed by atoms with van der Waals surface area (Å²) in [7, 11) is 0. The third-order valence-corrected chi connectivity index (χ3v) is 3.43. The Bertz CT molecular complexity index is 445. The van der Waals surface area contributed by atoms with Crippen molar-refractivity contribution in [3.8, 4) is 0 Å². The van der Waals surface area contributed by atoms with E-state index >= 15 is 0 Å². The summed E-state index contributed by atoms with van der Waals surface area (Å²) in [6.07, 6.45) is 0. The van der Waals surface area contributed by atoms with Crippen LogP contribution in [0.25, 0.3) is 10.2 Å². The second-order valence-electron chi connectivity index (χ2n) is 4.12. The fourth-order valence-electron chi connectivity index (χ4n) is 1.40. The summed E-state index contributed by atoms with van der Waals surface area (Å²) in [5, 5.41) is 0. The van der Waals surface area contributed by atoms with Crippen LogP contribution in [0.1, 0.15) is 19.4 Å². The molecule has 74 valence electrons. The summed E-state index contributed by atoms with van der Waals surface area (Å²) < 4.78 is 1.24. The zero-order chi connectivity index (χ0) is 10.2. The molecule has 2 rings (SSSR count). The van der Waals surface area contributed by atoms with Crippen molar-refractivity contribution < 1.29 is 0 Å². The average molecular weight is 206 g/mol. The maximum absolute atomic E-state index is 5.74. The molecule has 0 atom stereocenters. The van der Waals surface area contributed by atoms with E-state index in [0.29, 0.717) is 6.54 Å². The molecule has 0 fully saturated rings. The first-order valence-corrected chi connectivity index (χ1v) is 5.55. The van der Waals surface area contributed by atoms with Crippen LogP contribution in [0.3, 0.4) is 0 Å². The van der Waals surface area contributed by atoms with Crippen molar-refractivity contribution in [2.75, 3.05) is 6.54 Å². The summed E-state index contributed by atoms with van der Waals surface area (Å²) >= 11 is 1.67. The van der Waals surface area contributed by atoms with Gasteiger partial charge < -0.3 is 5.73 Å². The van der Waals surface area contributed by atoms with Crippen LogP contribution in [0.5, 0.6) is 0 Å². The standard InChI is InChI=1S/C11H14N2S/c1-11(2,6-12)8-3-4-10-9(5-8)13-7-14-10/h3-5,7H,6,12H2,1-2H3. The van der Waals surface area contributed by atoms with Gasteiger partial charge in [-0.05, 0) is 17.7 Å². The molecule has 0 amide bonds. The molecule has 0 unspecified atom stereocenters. The van der Waals surface area contributed by atoms with Gasteiger partial charge in [0.25, 0.3) is 0 Å². The van der Waals surface area contributed by atoms with E-state index in [2.05, 4.69) is 37.0 Å². The number of fused-ring (bicyclic) bond motifs is 1. The van der Waals surface area contributed by atoms with E-state index < -0.39 is 0 Å². The van der Waals surface area contributed by atoms with E-state index in [9.17, 15) is 0 Å². The number of rotatable bonds is 2. The Balaban J connectivity index is 2.53. The van der Waals surface area contributed by atoms with Gasteiger partial charge in [0.05, 0.1) is 15.7 Å². The molecule has 3 heteroatoms. The monoisotopic (exact) mass is 206 g/mol. The number of hydrogen-bond acceptors (Lipinski definition) is 3. The predicted octanol–water partition coefficient (Wildman–Crippen LogP) is 2.53. The van der Waals surface area contributed by atoms with Crippen molar-refractivity contribution in [2.24, 2.45) is 5.73 Å². The lowest BCUT2D eigenvalue weighted by Gasteiger charge is -2.22. The Labute approximate surface area is 87.8 Å². The molecule has 1 aromatic carbocycles. The first-order valence-electron chi connectivity index (χ1n) is 4.67. The highest BCUT2D eigenvalue weighted by Crippen LogP contribution is 2.26. The number of nitrogens with two attached hydrogens (primary N) is 1. The van der Waals surface area contributed by atoms with E-state index in [1.54, 1.807) is 11.3 Å². The highest BCUT2D eigenvalue weighted by Gasteiger charge is 2.18. The smallest absolute Gasteiger partial charge is 0.0814 e.